The van der Waals surface area contributed by atoms with Gasteiger partial charge >= 0.3 is 0 Å². The minimum Gasteiger partial charge on any atom is -0.350 e. The molecule has 1 saturated carbocycles. The first-order valence-corrected chi connectivity index (χ1v) is 7.57. The van der Waals surface area contributed by atoms with E-state index in [1.807, 2.05) is 0 Å². The fourth-order valence-corrected chi connectivity index (χ4v) is 3.14. The van der Waals surface area contributed by atoms with Gasteiger partial charge in [0.25, 0.3) is 0 Å². The summed E-state index contributed by atoms with van der Waals surface area (Å²) in [4.78, 5) is 12.5. The maximum Gasteiger partial charge on any atom is 0.223 e. The molecule has 0 aromatic heterocycles. The highest BCUT2D eigenvalue weighted by molar-refractivity contribution is 5.80. The summed E-state index contributed by atoms with van der Waals surface area (Å²) in [5.74, 6) is 0.642. The van der Waals surface area contributed by atoms with Gasteiger partial charge < -0.3 is 11.1 Å². The minimum absolute atomic E-state index is 0.0155. The molecule has 3 unspecified atom stereocenters. The quantitative estimate of drug-likeness (QED) is 0.792. The lowest BCUT2D eigenvalue weighted by Gasteiger charge is -2.38. The molecule has 3 atom stereocenters. The third kappa shape index (κ3) is 3.25. The Morgan fingerprint density at radius 2 is 1.78 bits per heavy atom. The third-order valence-corrected chi connectivity index (χ3v) is 5.12. The molecule has 0 bridgehead atoms. The average Bonchev–Trinajstić information content (AvgIpc) is 2.39. The molecule has 0 aromatic carbocycles. The van der Waals surface area contributed by atoms with Gasteiger partial charge in [-0.3, -0.25) is 4.79 Å². The summed E-state index contributed by atoms with van der Waals surface area (Å²) in [7, 11) is 0. The van der Waals surface area contributed by atoms with Gasteiger partial charge in [-0.25, -0.2) is 0 Å². The van der Waals surface area contributed by atoms with Crippen LogP contribution in [0, 0.1) is 11.8 Å². The predicted molar refractivity (Wildman–Crippen MR) is 76.2 cm³/mol. The Balaban J connectivity index is 2.69. The molecule has 3 nitrogen and oxygen atoms in total. The van der Waals surface area contributed by atoms with E-state index in [9.17, 15) is 4.79 Å². The standard InChI is InChI=1S/C15H30N2O/c1-5-15(6-2,7-3)17-14(18)12-9-8-10-13(16)11(12)4/h11-13H,5-10,16H2,1-4H3,(H,17,18). The van der Waals surface area contributed by atoms with E-state index in [2.05, 4.69) is 33.0 Å². The molecule has 1 aliphatic carbocycles. The lowest BCUT2D eigenvalue weighted by molar-refractivity contribution is -0.130. The van der Waals surface area contributed by atoms with Crippen LogP contribution < -0.4 is 11.1 Å². The van der Waals surface area contributed by atoms with Crippen LogP contribution in [0.5, 0.6) is 0 Å². The van der Waals surface area contributed by atoms with E-state index < -0.39 is 0 Å². The maximum atomic E-state index is 12.5. The first-order valence-electron chi connectivity index (χ1n) is 7.57. The van der Waals surface area contributed by atoms with Gasteiger partial charge in [0.15, 0.2) is 0 Å². The molecular weight excluding hydrogens is 224 g/mol. The number of hydrogen-bond donors (Lipinski definition) is 2. The van der Waals surface area contributed by atoms with Crippen molar-refractivity contribution in [2.75, 3.05) is 0 Å². The molecule has 3 N–H and O–H groups in total. The van der Waals surface area contributed by atoms with Crippen molar-refractivity contribution in [3.05, 3.63) is 0 Å². The summed E-state index contributed by atoms with van der Waals surface area (Å²) in [5.41, 5.74) is 6.07. The van der Waals surface area contributed by atoms with E-state index in [-0.39, 0.29) is 23.4 Å². The number of nitrogens with one attached hydrogen (secondary N) is 1. The van der Waals surface area contributed by atoms with Crippen LogP contribution in [0.2, 0.25) is 0 Å². The first-order chi connectivity index (χ1) is 8.49. The van der Waals surface area contributed by atoms with Crippen molar-refractivity contribution in [1.82, 2.24) is 5.32 Å². The Labute approximate surface area is 112 Å². The molecule has 3 heteroatoms. The smallest absolute Gasteiger partial charge is 0.223 e. The molecule has 1 fully saturated rings. The Bertz CT molecular complexity index is 265. The van der Waals surface area contributed by atoms with Crippen molar-refractivity contribution in [3.8, 4) is 0 Å². The SMILES string of the molecule is CCC(CC)(CC)NC(=O)C1CCCC(N)C1C. The topological polar surface area (TPSA) is 55.1 Å². The Morgan fingerprint density at radius 1 is 1.22 bits per heavy atom. The van der Waals surface area contributed by atoms with Gasteiger partial charge in [-0.2, -0.15) is 0 Å². The molecule has 18 heavy (non-hydrogen) atoms. The number of nitrogens with two attached hydrogens (primary N) is 1. The number of carbonyl (C=O) groups excluding carboxylic acids is 1. The van der Waals surface area contributed by atoms with Crippen LogP contribution >= 0.6 is 0 Å². The van der Waals surface area contributed by atoms with Crippen molar-refractivity contribution in [1.29, 1.82) is 0 Å². The van der Waals surface area contributed by atoms with Gasteiger partial charge in [0.05, 0.1) is 0 Å². The summed E-state index contributed by atoms with van der Waals surface area (Å²) >= 11 is 0. The van der Waals surface area contributed by atoms with Gasteiger partial charge in [-0.1, -0.05) is 34.1 Å². The van der Waals surface area contributed by atoms with Crippen molar-refractivity contribution in [3.63, 3.8) is 0 Å². The highest BCUT2D eigenvalue weighted by Gasteiger charge is 2.35. The highest BCUT2D eigenvalue weighted by Crippen LogP contribution is 2.30. The fraction of sp³-hybridized carbons (Fsp3) is 0.933. The van der Waals surface area contributed by atoms with Crippen molar-refractivity contribution in [2.45, 2.75) is 77.8 Å². The van der Waals surface area contributed by atoms with Gasteiger partial charge in [-0.15, -0.1) is 0 Å². The second kappa shape index (κ2) is 6.55. The van der Waals surface area contributed by atoms with Crippen molar-refractivity contribution >= 4 is 5.91 Å². The second-order valence-electron chi connectivity index (χ2n) is 5.89. The molecule has 1 aliphatic rings. The van der Waals surface area contributed by atoms with E-state index in [1.165, 1.54) is 0 Å². The van der Waals surface area contributed by atoms with Gasteiger partial charge in [0.2, 0.25) is 5.91 Å². The molecule has 0 aromatic rings. The normalized spacial score (nSPS) is 29.1. The largest absolute Gasteiger partial charge is 0.350 e. The van der Waals surface area contributed by atoms with E-state index in [0.717, 1.165) is 38.5 Å². The molecule has 0 spiro atoms. The van der Waals surface area contributed by atoms with Crippen LogP contribution in [0.1, 0.15) is 66.2 Å². The van der Waals surface area contributed by atoms with Crippen molar-refractivity contribution in [2.24, 2.45) is 17.6 Å². The average molecular weight is 254 g/mol. The van der Waals surface area contributed by atoms with E-state index in [4.69, 9.17) is 5.73 Å². The van der Waals surface area contributed by atoms with Crippen LogP contribution in [0.3, 0.4) is 0 Å². The summed E-state index contributed by atoms with van der Waals surface area (Å²) in [6.45, 7) is 8.59. The molecule has 1 amide bonds. The number of carbonyl (C=O) groups is 1. The minimum atomic E-state index is -0.0155. The van der Waals surface area contributed by atoms with Crippen LogP contribution in [-0.4, -0.2) is 17.5 Å². The predicted octanol–water partition coefficient (Wildman–Crippen LogP) is 2.83. The zero-order valence-corrected chi connectivity index (χ0v) is 12.5. The Morgan fingerprint density at radius 3 is 2.28 bits per heavy atom. The van der Waals surface area contributed by atoms with Gasteiger partial charge in [0, 0.05) is 17.5 Å². The van der Waals surface area contributed by atoms with Crippen LogP contribution in [0.4, 0.5) is 0 Å². The lowest BCUT2D eigenvalue weighted by Crippen LogP contribution is -2.52. The van der Waals surface area contributed by atoms with Crippen LogP contribution in [0.15, 0.2) is 0 Å². The van der Waals surface area contributed by atoms with E-state index in [1.54, 1.807) is 0 Å². The Hall–Kier alpha value is -0.570. The molecule has 1 rings (SSSR count). The second-order valence-corrected chi connectivity index (χ2v) is 5.89. The molecule has 0 aliphatic heterocycles. The van der Waals surface area contributed by atoms with Crippen LogP contribution in [0.25, 0.3) is 0 Å². The third-order valence-electron chi connectivity index (χ3n) is 5.12. The zero-order valence-electron chi connectivity index (χ0n) is 12.5. The summed E-state index contributed by atoms with van der Waals surface area (Å²) in [6.07, 6.45) is 6.14. The summed E-state index contributed by atoms with van der Waals surface area (Å²) in [5, 5.41) is 3.31. The van der Waals surface area contributed by atoms with Gasteiger partial charge in [0.1, 0.15) is 0 Å². The van der Waals surface area contributed by atoms with Crippen molar-refractivity contribution < 1.29 is 4.79 Å². The first kappa shape index (κ1) is 15.5. The fourth-order valence-electron chi connectivity index (χ4n) is 3.14. The zero-order chi connectivity index (χ0) is 13.8. The summed E-state index contributed by atoms with van der Waals surface area (Å²) in [6, 6.07) is 0.189. The van der Waals surface area contributed by atoms with Crippen LogP contribution in [-0.2, 0) is 4.79 Å². The molecule has 0 saturated heterocycles. The molecule has 0 radical (unpaired) electrons. The molecular formula is C15H30N2O. The number of amides is 1. The Kier molecular flexibility index (Phi) is 5.64. The highest BCUT2D eigenvalue weighted by atomic mass is 16.2. The monoisotopic (exact) mass is 254 g/mol. The van der Waals surface area contributed by atoms with E-state index in [0.29, 0.717) is 5.92 Å². The molecule has 0 heterocycles. The van der Waals surface area contributed by atoms with Gasteiger partial charge in [-0.05, 0) is 38.0 Å². The van der Waals surface area contributed by atoms with E-state index >= 15 is 0 Å². The number of hydrogen-bond acceptors (Lipinski definition) is 2. The lowest BCUT2D eigenvalue weighted by atomic mass is 9.76. The molecule has 106 valence electrons. The maximum absolute atomic E-state index is 12.5. The summed E-state index contributed by atoms with van der Waals surface area (Å²) < 4.78 is 0. The number of rotatable bonds is 5.